The van der Waals surface area contributed by atoms with Crippen molar-refractivity contribution in [1.29, 1.82) is 0 Å². The molecular formula is C26H22F3N3O4. The average Bonchev–Trinajstić information content (AvgIpc) is 3.37. The van der Waals surface area contributed by atoms with Crippen molar-refractivity contribution in [3.8, 4) is 17.2 Å². The molecule has 0 atom stereocenters. The van der Waals surface area contributed by atoms with Crippen LogP contribution in [-0.4, -0.2) is 29.5 Å². The Morgan fingerprint density at radius 1 is 1.25 bits per heavy atom. The molecule has 0 bridgehead atoms. The van der Waals surface area contributed by atoms with Crippen LogP contribution in [0.3, 0.4) is 0 Å². The summed E-state index contributed by atoms with van der Waals surface area (Å²) in [5, 5.41) is 3.10. The number of carbonyl (C=O) groups is 1. The van der Waals surface area contributed by atoms with Gasteiger partial charge in [-0.05, 0) is 42.3 Å². The number of nitrogens with zero attached hydrogens (tertiary/aromatic N) is 2. The number of nitrogens with one attached hydrogen (secondary N) is 1. The molecule has 0 spiro atoms. The van der Waals surface area contributed by atoms with Gasteiger partial charge >= 0.3 is 6.18 Å². The Labute approximate surface area is 204 Å². The molecule has 0 radical (unpaired) electrons. The lowest BCUT2D eigenvalue weighted by Crippen LogP contribution is -2.26. The molecule has 0 saturated heterocycles. The number of allylic oxidation sites excluding steroid dienone is 4. The van der Waals surface area contributed by atoms with Gasteiger partial charge in [0, 0.05) is 23.9 Å². The van der Waals surface area contributed by atoms with Crippen LogP contribution < -0.4 is 10.1 Å². The molecule has 2 aromatic heterocycles. The smallest absolute Gasteiger partial charge is 0.433 e. The van der Waals surface area contributed by atoms with Gasteiger partial charge in [0.2, 0.25) is 5.89 Å². The third-order valence-electron chi connectivity index (χ3n) is 5.33. The molecule has 1 N–H and O–H groups in total. The van der Waals surface area contributed by atoms with E-state index in [2.05, 4.69) is 21.9 Å². The Morgan fingerprint density at radius 3 is 2.78 bits per heavy atom. The predicted octanol–water partition coefficient (Wildman–Crippen LogP) is 5.97. The maximum absolute atomic E-state index is 13.2. The van der Waals surface area contributed by atoms with Crippen LogP contribution in [0.25, 0.3) is 22.4 Å². The standard InChI is InChI=1S/C26H22F3N3O4/c1-3-4-5-6-17-8-7-16(14-35-17)13-30-24(33)20-15-36-25(31-20)19-9-11-21(34-2)23-18(19)10-12-22(32-23)26(27,28)29/h3-5,8-12,14-15H,1,6-7,13H2,2H3,(H,30,33)/b5-4-. The molecular weight excluding hydrogens is 475 g/mol. The first-order valence-electron chi connectivity index (χ1n) is 10.9. The summed E-state index contributed by atoms with van der Waals surface area (Å²) in [6.45, 7) is 3.87. The van der Waals surface area contributed by atoms with Gasteiger partial charge in [0.15, 0.2) is 5.69 Å². The quantitative estimate of drug-likeness (QED) is 0.386. The summed E-state index contributed by atoms with van der Waals surface area (Å²) in [7, 11) is 1.34. The number of oxazole rings is 1. The van der Waals surface area contributed by atoms with Crippen molar-refractivity contribution in [3.05, 3.63) is 90.4 Å². The van der Waals surface area contributed by atoms with Crippen LogP contribution in [0.5, 0.6) is 5.75 Å². The Balaban J connectivity index is 1.47. The highest BCUT2D eigenvalue weighted by Crippen LogP contribution is 2.36. The second-order valence-corrected chi connectivity index (χ2v) is 7.76. The van der Waals surface area contributed by atoms with E-state index in [1.165, 1.54) is 25.5 Å². The van der Waals surface area contributed by atoms with Gasteiger partial charge in [-0.3, -0.25) is 4.79 Å². The number of halogens is 3. The third kappa shape index (κ3) is 5.48. The summed E-state index contributed by atoms with van der Waals surface area (Å²) < 4.78 is 55.7. The number of benzene rings is 1. The number of ether oxygens (including phenoxy) is 2. The van der Waals surface area contributed by atoms with Gasteiger partial charge in [0.1, 0.15) is 29.0 Å². The molecule has 1 aromatic carbocycles. The molecule has 36 heavy (non-hydrogen) atoms. The van der Waals surface area contributed by atoms with Crippen molar-refractivity contribution in [2.24, 2.45) is 0 Å². The molecule has 1 amide bonds. The lowest BCUT2D eigenvalue weighted by atomic mass is 10.1. The molecule has 0 unspecified atom stereocenters. The maximum atomic E-state index is 13.2. The number of hydrogen-bond donors (Lipinski definition) is 1. The fourth-order valence-corrected chi connectivity index (χ4v) is 3.51. The molecule has 4 rings (SSSR count). The van der Waals surface area contributed by atoms with Crippen molar-refractivity contribution in [3.63, 3.8) is 0 Å². The molecule has 0 aliphatic carbocycles. The van der Waals surface area contributed by atoms with Gasteiger partial charge in [-0.25, -0.2) is 9.97 Å². The number of amides is 1. The van der Waals surface area contributed by atoms with Crippen molar-refractivity contribution < 1.29 is 31.9 Å². The molecule has 0 saturated carbocycles. The van der Waals surface area contributed by atoms with Crippen LogP contribution in [0, 0.1) is 0 Å². The molecule has 3 heterocycles. The molecule has 186 valence electrons. The fraction of sp³-hybridized carbons (Fsp3) is 0.192. The van der Waals surface area contributed by atoms with E-state index in [9.17, 15) is 18.0 Å². The summed E-state index contributed by atoms with van der Waals surface area (Å²) in [4.78, 5) is 20.5. The van der Waals surface area contributed by atoms with Crippen LogP contribution in [-0.2, 0) is 10.9 Å². The van der Waals surface area contributed by atoms with Crippen molar-refractivity contribution in [1.82, 2.24) is 15.3 Å². The SMILES string of the molecule is C=C/C=C\CC1=CCC(CNC(=O)c2coc(-c3ccc(OC)c4nc(C(F)(F)F)ccc34)n2)=CO1. The summed E-state index contributed by atoms with van der Waals surface area (Å²) >= 11 is 0. The van der Waals surface area contributed by atoms with Crippen LogP contribution in [0.4, 0.5) is 13.2 Å². The second kappa shape index (κ2) is 10.5. The zero-order valence-corrected chi connectivity index (χ0v) is 19.3. The van der Waals surface area contributed by atoms with Crippen LogP contribution in [0.1, 0.15) is 29.0 Å². The Kier molecular flexibility index (Phi) is 7.23. The predicted molar refractivity (Wildman–Crippen MR) is 127 cm³/mol. The third-order valence-corrected chi connectivity index (χ3v) is 5.33. The zero-order valence-electron chi connectivity index (χ0n) is 19.3. The molecule has 1 aliphatic rings. The highest BCUT2D eigenvalue weighted by atomic mass is 19.4. The van der Waals surface area contributed by atoms with E-state index in [0.29, 0.717) is 23.8 Å². The highest BCUT2D eigenvalue weighted by molar-refractivity contribution is 5.97. The molecule has 1 aliphatic heterocycles. The number of alkyl halides is 3. The van der Waals surface area contributed by atoms with E-state index in [1.807, 2.05) is 18.2 Å². The second-order valence-electron chi connectivity index (χ2n) is 7.76. The van der Waals surface area contributed by atoms with Crippen molar-refractivity contribution in [2.45, 2.75) is 19.0 Å². The lowest BCUT2D eigenvalue weighted by molar-refractivity contribution is -0.140. The first-order chi connectivity index (χ1) is 17.3. The van der Waals surface area contributed by atoms with Crippen molar-refractivity contribution >= 4 is 16.8 Å². The number of methoxy groups -OCH3 is 1. The summed E-state index contributed by atoms with van der Waals surface area (Å²) in [5.41, 5.74) is 0.227. The minimum absolute atomic E-state index is 0.00525. The zero-order chi connectivity index (χ0) is 25.7. The van der Waals surface area contributed by atoms with E-state index in [4.69, 9.17) is 13.9 Å². The topological polar surface area (TPSA) is 86.5 Å². The number of hydrogen-bond acceptors (Lipinski definition) is 6. The number of pyridine rings is 1. The first kappa shape index (κ1) is 24.8. The normalized spacial score (nSPS) is 13.8. The first-order valence-corrected chi connectivity index (χ1v) is 10.9. The molecule has 0 fully saturated rings. The number of fused-ring (bicyclic) bond motifs is 1. The van der Waals surface area contributed by atoms with Gasteiger partial charge in [-0.2, -0.15) is 13.2 Å². The lowest BCUT2D eigenvalue weighted by Gasteiger charge is -2.14. The van der Waals surface area contributed by atoms with E-state index in [-0.39, 0.29) is 29.4 Å². The summed E-state index contributed by atoms with van der Waals surface area (Å²) in [5.74, 6) is 0.578. The number of rotatable bonds is 8. The average molecular weight is 497 g/mol. The van der Waals surface area contributed by atoms with Crippen LogP contribution in [0.15, 0.2) is 83.4 Å². The minimum Gasteiger partial charge on any atom is -0.494 e. The van der Waals surface area contributed by atoms with Gasteiger partial charge in [-0.1, -0.05) is 24.8 Å². The van der Waals surface area contributed by atoms with E-state index in [1.54, 1.807) is 18.4 Å². The van der Waals surface area contributed by atoms with Gasteiger partial charge in [-0.15, -0.1) is 0 Å². The molecule has 7 nitrogen and oxygen atoms in total. The monoisotopic (exact) mass is 497 g/mol. The van der Waals surface area contributed by atoms with Crippen molar-refractivity contribution in [2.75, 3.05) is 13.7 Å². The molecule has 10 heteroatoms. The molecule has 3 aromatic rings. The largest absolute Gasteiger partial charge is 0.494 e. The highest BCUT2D eigenvalue weighted by Gasteiger charge is 2.33. The van der Waals surface area contributed by atoms with Gasteiger partial charge in [0.05, 0.1) is 13.4 Å². The van der Waals surface area contributed by atoms with E-state index >= 15 is 0 Å². The maximum Gasteiger partial charge on any atom is 0.433 e. The van der Waals surface area contributed by atoms with Gasteiger partial charge < -0.3 is 19.2 Å². The van der Waals surface area contributed by atoms with Gasteiger partial charge in [0.25, 0.3) is 5.91 Å². The number of aromatic nitrogens is 2. The van der Waals surface area contributed by atoms with E-state index in [0.717, 1.165) is 17.4 Å². The Hall–Kier alpha value is -4.34. The Morgan fingerprint density at radius 2 is 2.08 bits per heavy atom. The Bertz CT molecular complexity index is 1390. The fourth-order valence-electron chi connectivity index (χ4n) is 3.51. The van der Waals surface area contributed by atoms with Crippen LogP contribution in [0.2, 0.25) is 0 Å². The van der Waals surface area contributed by atoms with E-state index < -0.39 is 17.8 Å². The summed E-state index contributed by atoms with van der Waals surface area (Å²) in [6, 6.07) is 5.20. The summed E-state index contributed by atoms with van der Waals surface area (Å²) in [6.07, 6.45) is 6.86. The number of carbonyl (C=O) groups excluding carboxylic acids is 1. The van der Waals surface area contributed by atoms with Crippen LogP contribution >= 0.6 is 0 Å². The minimum atomic E-state index is -4.61.